The van der Waals surface area contributed by atoms with Crippen molar-refractivity contribution in [2.45, 2.75) is 25.7 Å². The van der Waals surface area contributed by atoms with Crippen molar-refractivity contribution < 1.29 is 18.0 Å². The summed E-state index contributed by atoms with van der Waals surface area (Å²) in [5.74, 6) is -0.302. The van der Waals surface area contributed by atoms with Crippen LogP contribution in [0.5, 0.6) is 0 Å². The molecule has 7 heteroatoms. The molecule has 1 aliphatic rings. The van der Waals surface area contributed by atoms with E-state index in [0.717, 1.165) is 38.2 Å². The molecule has 0 fully saturated rings. The second-order valence-corrected chi connectivity index (χ2v) is 10.1. The SMILES string of the molecule is CN(C)c1ccc(CN2CCc3cc(NC(=O)c4ccccc4-c4ccc(C(F)(F)F)cc4)ccc3C2)cc1. The van der Waals surface area contributed by atoms with Gasteiger partial charge in [-0.3, -0.25) is 9.69 Å². The fourth-order valence-electron chi connectivity index (χ4n) is 4.95. The summed E-state index contributed by atoms with van der Waals surface area (Å²) in [5.41, 5.74) is 6.43. The molecule has 0 bridgehead atoms. The molecule has 4 aromatic rings. The summed E-state index contributed by atoms with van der Waals surface area (Å²) in [5, 5.41) is 2.98. The molecule has 5 rings (SSSR count). The van der Waals surface area contributed by atoms with Gasteiger partial charge >= 0.3 is 6.18 Å². The Morgan fingerprint density at radius 1 is 0.897 bits per heavy atom. The molecule has 0 spiro atoms. The predicted octanol–water partition coefficient (Wildman–Crippen LogP) is 7.25. The molecule has 4 nitrogen and oxygen atoms in total. The first-order valence-corrected chi connectivity index (χ1v) is 12.9. The highest BCUT2D eigenvalue weighted by Gasteiger charge is 2.30. The van der Waals surface area contributed by atoms with Gasteiger partial charge in [-0.15, -0.1) is 0 Å². The quantitative estimate of drug-likeness (QED) is 0.286. The highest BCUT2D eigenvalue weighted by molar-refractivity contribution is 6.08. The lowest BCUT2D eigenvalue weighted by atomic mass is 9.97. The van der Waals surface area contributed by atoms with Crippen molar-refractivity contribution in [3.8, 4) is 11.1 Å². The first-order chi connectivity index (χ1) is 18.7. The number of rotatable bonds is 6. The molecule has 39 heavy (non-hydrogen) atoms. The van der Waals surface area contributed by atoms with Crippen LogP contribution >= 0.6 is 0 Å². The van der Waals surface area contributed by atoms with Gasteiger partial charge in [0.15, 0.2) is 0 Å². The van der Waals surface area contributed by atoms with Crippen LogP contribution in [-0.4, -0.2) is 31.4 Å². The summed E-state index contributed by atoms with van der Waals surface area (Å²) in [6, 6.07) is 26.4. The van der Waals surface area contributed by atoms with E-state index in [9.17, 15) is 18.0 Å². The maximum atomic E-state index is 13.2. The highest BCUT2D eigenvalue weighted by atomic mass is 19.4. The summed E-state index contributed by atoms with van der Waals surface area (Å²) in [4.78, 5) is 17.7. The molecule has 1 N–H and O–H groups in total. The number of benzene rings is 4. The molecule has 0 aliphatic carbocycles. The number of amides is 1. The van der Waals surface area contributed by atoms with E-state index in [1.165, 1.54) is 34.5 Å². The Morgan fingerprint density at radius 2 is 1.62 bits per heavy atom. The summed E-state index contributed by atoms with van der Waals surface area (Å²) < 4.78 is 38.9. The Bertz CT molecular complexity index is 1460. The van der Waals surface area contributed by atoms with E-state index < -0.39 is 11.7 Å². The van der Waals surface area contributed by atoms with Crippen molar-refractivity contribution in [3.63, 3.8) is 0 Å². The standard InChI is InChI=1S/C32H30F3N3O/c1-37(2)28-15-7-22(8-16-28)20-38-18-17-24-19-27(14-11-25(24)21-38)36-31(39)30-6-4-3-5-29(30)23-9-12-26(13-10-23)32(33,34)35/h3-16,19H,17-18,20-21H2,1-2H3,(H,36,39). The molecular weight excluding hydrogens is 499 g/mol. The number of hydrogen-bond donors (Lipinski definition) is 1. The number of hydrogen-bond acceptors (Lipinski definition) is 3. The maximum Gasteiger partial charge on any atom is 0.416 e. The minimum Gasteiger partial charge on any atom is -0.378 e. The van der Waals surface area contributed by atoms with E-state index in [2.05, 4.69) is 45.4 Å². The van der Waals surface area contributed by atoms with E-state index in [-0.39, 0.29) is 5.91 Å². The van der Waals surface area contributed by atoms with Crippen LogP contribution in [0.1, 0.15) is 32.6 Å². The van der Waals surface area contributed by atoms with Crippen molar-refractivity contribution in [1.82, 2.24) is 4.90 Å². The normalized spacial score (nSPS) is 13.6. The van der Waals surface area contributed by atoms with E-state index >= 15 is 0 Å². The zero-order valence-electron chi connectivity index (χ0n) is 21.9. The van der Waals surface area contributed by atoms with E-state index in [0.29, 0.717) is 22.4 Å². The van der Waals surface area contributed by atoms with Gasteiger partial charge in [0, 0.05) is 50.7 Å². The summed E-state index contributed by atoms with van der Waals surface area (Å²) >= 11 is 0. The summed E-state index contributed by atoms with van der Waals surface area (Å²) in [7, 11) is 4.07. The van der Waals surface area contributed by atoms with Crippen LogP contribution in [0, 0.1) is 0 Å². The monoisotopic (exact) mass is 529 g/mol. The molecule has 0 aromatic heterocycles. The number of carbonyl (C=O) groups is 1. The van der Waals surface area contributed by atoms with Crippen molar-refractivity contribution >= 4 is 17.3 Å². The van der Waals surface area contributed by atoms with Crippen LogP contribution in [0.25, 0.3) is 11.1 Å². The Hall–Kier alpha value is -4.10. The molecule has 4 aromatic carbocycles. The van der Waals surface area contributed by atoms with E-state index in [1.54, 1.807) is 24.3 Å². The molecule has 0 saturated carbocycles. The minimum absolute atomic E-state index is 0.302. The number of nitrogens with zero attached hydrogens (tertiary/aromatic N) is 2. The summed E-state index contributed by atoms with van der Waals surface area (Å²) in [6.45, 7) is 2.65. The zero-order chi connectivity index (χ0) is 27.6. The van der Waals surface area contributed by atoms with Crippen molar-refractivity contribution in [2.75, 3.05) is 30.9 Å². The lowest BCUT2D eigenvalue weighted by molar-refractivity contribution is -0.137. The smallest absolute Gasteiger partial charge is 0.378 e. The average molecular weight is 530 g/mol. The first kappa shape index (κ1) is 26.5. The third-order valence-electron chi connectivity index (χ3n) is 7.11. The first-order valence-electron chi connectivity index (χ1n) is 12.9. The van der Waals surface area contributed by atoms with Crippen molar-refractivity contribution in [1.29, 1.82) is 0 Å². The molecule has 1 heterocycles. The maximum absolute atomic E-state index is 13.2. The van der Waals surface area contributed by atoms with Gasteiger partial charge in [0.05, 0.1) is 5.56 Å². The fourth-order valence-corrected chi connectivity index (χ4v) is 4.95. The van der Waals surface area contributed by atoms with Gasteiger partial charge in [0.1, 0.15) is 0 Å². The van der Waals surface area contributed by atoms with Crippen LogP contribution in [0.3, 0.4) is 0 Å². The van der Waals surface area contributed by atoms with Gasteiger partial charge in [-0.2, -0.15) is 13.2 Å². The minimum atomic E-state index is -4.41. The average Bonchev–Trinajstić information content (AvgIpc) is 2.93. The van der Waals surface area contributed by atoms with Crippen LogP contribution in [0.15, 0.2) is 91.0 Å². The number of anilines is 2. The molecule has 1 aliphatic heterocycles. The van der Waals surface area contributed by atoms with E-state index in [4.69, 9.17) is 0 Å². The van der Waals surface area contributed by atoms with E-state index in [1.807, 2.05) is 26.2 Å². The fraction of sp³-hybridized carbons (Fsp3) is 0.219. The second kappa shape index (κ2) is 10.9. The Labute approximate surface area is 226 Å². The van der Waals surface area contributed by atoms with Crippen LogP contribution < -0.4 is 10.2 Å². The Kier molecular flexibility index (Phi) is 7.44. The third kappa shape index (κ3) is 6.15. The molecule has 0 atom stereocenters. The topological polar surface area (TPSA) is 35.6 Å². The third-order valence-corrected chi connectivity index (χ3v) is 7.11. The number of nitrogens with one attached hydrogen (secondary N) is 1. The second-order valence-electron chi connectivity index (χ2n) is 10.1. The van der Waals surface area contributed by atoms with Gasteiger partial charge in [0.25, 0.3) is 5.91 Å². The van der Waals surface area contributed by atoms with Gasteiger partial charge < -0.3 is 10.2 Å². The number of carbonyl (C=O) groups excluding carboxylic acids is 1. The molecule has 0 radical (unpaired) electrons. The van der Waals surface area contributed by atoms with Crippen LogP contribution in [0.4, 0.5) is 24.5 Å². The number of fused-ring (bicyclic) bond motifs is 1. The Morgan fingerprint density at radius 3 is 2.31 bits per heavy atom. The molecule has 1 amide bonds. The molecule has 0 saturated heterocycles. The molecule has 0 unspecified atom stereocenters. The molecular formula is C32H30F3N3O. The van der Waals surface area contributed by atoms with Crippen molar-refractivity contribution in [2.24, 2.45) is 0 Å². The van der Waals surface area contributed by atoms with Gasteiger partial charge in [-0.1, -0.05) is 48.5 Å². The summed E-state index contributed by atoms with van der Waals surface area (Å²) in [6.07, 6.45) is -3.52. The van der Waals surface area contributed by atoms with Crippen LogP contribution in [-0.2, 0) is 25.7 Å². The highest BCUT2D eigenvalue weighted by Crippen LogP contribution is 2.32. The number of halogens is 3. The van der Waals surface area contributed by atoms with Crippen LogP contribution in [0.2, 0.25) is 0 Å². The van der Waals surface area contributed by atoms with Gasteiger partial charge in [-0.05, 0) is 76.7 Å². The lowest BCUT2D eigenvalue weighted by Gasteiger charge is -2.29. The predicted molar refractivity (Wildman–Crippen MR) is 150 cm³/mol. The Balaban J connectivity index is 1.27. The zero-order valence-corrected chi connectivity index (χ0v) is 21.9. The van der Waals surface area contributed by atoms with Crippen molar-refractivity contribution in [3.05, 3.63) is 119 Å². The number of alkyl halides is 3. The largest absolute Gasteiger partial charge is 0.416 e. The van der Waals surface area contributed by atoms with Gasteiger partial charge in [-0.25, -0.2) is 0 Å². The van der Waals surface area contributed by atoms with Gasteiger partial charge in [0.2, 0.25) is 0 Å². The lowest BCUT2D eigenvalue weighted by Crippen LogP contribution is -2.30. The molecule has 200 valence electrons.